The van der Waals surface area contributed by atoms with Gasteiger partial charge in [0.05, 0.1) is 25.7 Å². The van der Waals surface area contributed by atoms with Crippen LogP contribution in [0.4, 0.5) is 5.82 Å². The third-order valence-corrected chi connectivity index (χ3v) is 14.5. The molecule has 5 rings (SSSR count). The molecule has 11 heteroatoms. The third kappa shape index (κ3) is 7.31. The number of hydrogen-bond acceptors (Lipinski definition) is 9. The van der Waals surface area contributed by atoms with Crippen molar-refractivity contribution in [1.82, 2.24) is 9.55 Å². The fourth-order valence-electron chi connectivity index (χ4n) is 6.38. The zero-order valence-electron chi connectivity index (χ0n) is 29.6. The number of aliphatic hydroxyl groups is 1. The predicted octanol–water partition coefficient (Wildman–Crippen LogP) is 5.70. The standard InChI is InChI=1S/C38H50N4O6Si/c1-37(2,3)49(6,7)48-31-25-33(42-24-21-32(40-23-22-39)41-36(42)44)47-34(31)35(43)38(26-11-9-8-10-12-26,27-13-17-29(45-4)18-14-27)28-15-19-30(46-5)20-16-28/h8-21,24,31,33-35,43H,22-23,25,39H2,1-7H3,(H,40,41,44)/t31-,33+,34-,35?/m0/s1. The number of methoxy groups -OCH3 is 2. The van der Waals surface area contributed by atoms with E-state index < -0.39 is 44.0 Å². The van der Waals surface area contributed by atoms with E-state index in [1.165, 1.54) is 4.57 Å². The first-order valence-corrected chi connectivity index (χ1v) is 19.7. The Bertz CT molecular complexity index is 1680. The molecule has 2 heterocycles. The lowest BCUT2D eigenvalue weighted by atomic mass is 9.64. The smallest absolute Gasteiger partial charge is 0.351 e. The molecule has 0 radical (unpaired) electrons. The summed E-state index contributed by atoms with van der Waals surface area (Å²) in [6.07, 6.45) is -1.26. The lowest BCUT2D eigenvalue weighted by Gasteiger charge is -2.45. The predicted molar refractivity (Wildman–Crippen MR) is 195 cm³/mol. The molecular weight excluding hydrogens is 637 g/mol. The van der Waals surface area contributed by atoms with Crippen LogP contribution in [0.5, 0.6) is 11.5 Å². The highest BCUT2D eigenvalue weighted by molar-refractivity contribution is 6.74. The summed E-state index contributed by atoms with van der Waals surface area (Å²) in [5, 5.41) is 16.1. The van der Waals surface area contributed by atoms with E-state index in [0.717, 1.165) is 16.7 Å². The molecule has 0 bridgehead atoms. The van der Waals surface area contributed by atoms with Crippen LogP contribution in [-0.2, 0) is 14.6 Å². The maximum absolute atomic E-state index is 13.4. The zero-order valence-corrected chi connectivity index (χ0v) is 30.6. The van der Waals surface area contributed by atoms with Crippen LogP contribution in [0.25, 0.3) is 0 Å². The van der Waals surface area contributed by atoms with Gasteiger partial charge in [0.1, 0.15) is 35.8 Å². The molecule has 3 aromatic carbocycles. The molecule has 1 aromatic heterocycles. The van der Waals surface area contributed by atoms with Gasteiger partial charge in [-0.15, -0.1) is 0 Å². The Morgan fingerprint density at radius 1 is 0.939 bits per heavy atom. The van der Waals surface area contributed by atoms with Gasteiger partial charge in [-0.3, -0.25) is 4.57 Å². The average molecular weight is 687 g/mol. The van der Waals surface area contributed by atoms with Gasteiger partial charge in [-0.2, -0.15) is 4.98 Å². The first-order valence-electron chi connectivity index (χ1n) is 16.7. The summed E-state index contributed by atoms with van der Waals surface area (Å²) in [6.45, 7) is 11.8. The SMILES string of the molecule is COc1ccc(C(c2ccccc2)(c2ccc(OC)cc2)C(O)[C@H]2O[C@@H](n3ccc(NCCN)nc3=O)C[C@@H]2O[Si](C)(C)C(C)(C)C)cc1. The van der Waals surface area contributed by atoms with Crippen LogP contribution < -0.4 is 26.2 Å². The van der Waals surface area contributed by atoms with Crippen LogP contribution in [0.3, 0.4) is 0 Å². The molecule has 10 nitrogen and oxygen atoms in total. The minimum absolute atomic E-state index is 0.113. The molecule has 4 atom stereocenters. The second-order valence-electron chi connectivity index (χ2n) is 14.0. The Morgan fingerprint density at radius 3 is 1.98 bits per heavy atom. The Labute approximate surface area is 290 Å². The van der Waals surface area contributed by atoms with Gasteiger partial charge in [0.15, 0.2) is 8.32 Å². The van der Waals surface area contributed by atoms with Crippen molar-refractivity contribution < 1.29 is 23.7 Å². The van der Waals surface area contributed by atoms with Crippen LogP contribution in [0.2, 0.25) is 18.1 Å². The first-order chi connectivity index (χ1) is 23.3. The number of nitrogens with one attached hydrogen (secondary N) is 1. The molecule has 0 amide bonds. The van der Waals surface area contributed by atoms with Gasteiger partial charge in [0.2, 0.25) is 0 Å². The van der Waals surface area contributed by atoms with Crippen molar-refractivity contribution >= 4 is 14.1 Å². The second kappa shape index (κ2) is 14.9. The number of hydrogen-bond donors (Lipinski definition) is 3. The molecule has 4 N–H and O–H groups in total. The van der Waals surface area contributed by atoms with Gasteiger partial charge >= 0.3 is 5.69 Å². The quantitative estimate of drug-likeness (QED) is 0.120. The summed E-state index contributed by atoms with van der Waals surface area (Å²) >= 11 is 0. The fraction of sp³-hybridized carbons (Fsp3) is 0.421. The molecule has 0 aliphatic carbocycles. The lowest BCUT2D eigenvalue weighted by Crippen LogP contribution is -2.54. The van der Waals surface area contributed by atoms with Crippen molar-refractivity contribution in [2.75, 3.05) is 32.6 Å². The first kappa shape index (κ1) is 36.3. The minimum Gasteiger partial charge on any atom is -0.497 e. The Morgan fingerprint density at radius 2 is 1.49 bits per heavy atom. The highest BCUT2D eigenvalue weighted by Crippen LogP contribution is 2.49. The topological polar surface area (TPSA) is 130 Å². The summed E-state index contributed by atoms with van der Waals surface area (Å²) in [4.78, 5) is 17.6. The monoisotopic (exact) mass is 686 g/mol. The molecule has 1 fully saturated rings. The minimum atomic E-state index is -2.40. The average Bonchev–Trinajstić information content (AvgIpc) is 3.50. The van der Waals surface area contributed by atoms with Gasteiger partial charge < -0.3 is 34.8 Å². The van der Waals surface area contributed by atoms with Crippen LogP contribution in [0.15, 0.2) is 95.9 Å². The van der Waals surface area contributed by atoms with Crippen molar-refractivity contribution in [2.45, 2.75) is 75.3 Å². The van der Waals surface area contributed by atoms with E-state index in [2.05, 4.69) is 44.2 Å². The molecule has 0 saturated carbocycles. The van der Waals surface area contributed by atoms with Gasteiger partial charge in [-0.25, -0.2) is 4.79 Å². The van der Waals surface area contributed by atoms with Crippen molar-refractivity contribution in [3.8, 4) is 11.5 Å². The van der Waals surface area contributed by atoms with Gasteiger partial charge in [-0.1, -0.05) is 75.4 Å². The van der Waals surface area contributed by atoms with Crippen molar-refractivity contribution in [2.24, 2.45) is 5.73 Å². The van der Waals surface area contributed by atoms with Crippen LogP contribution in [-0.4, -0.2) is 68.6 Å². The molecule has 1 aliphatic heterocycles. The van der Waals surface area contributed by atoms with Crippen molar-refractivity contribution in [3.05, 3.63) is 118 Å². The highest BCUT2D eigenvalue weighted by Gasteiger charge is 2.54. The van der Waals surface area contributed by atoms with E-state index in [0.29, 0.717) is 36.8 Å². The number of anilines is 1. The van der Waals surface area contributed by atoms with Gasteiger partial charge in [0.25, 0.3) is 0 Å². The summed E-state index contributed by atoms with van der Waals surface area (Å²) in [7, 11) is 0.863. The molecule has 1 aliphatic rings. The number of ether oxygens (including phenoxy) is 3. The fourth-order valence-corrected chi connectivity index (χ4v) is 7.72. The lowest BCUT2D eigenvalue weighted by molar-refractivity contribution is -0.0956. The van der Waals surface area contributed by atoms with E-state index in [-0.39, 0.29) is 5.04 Å². The number of nitrogens with zero attached hydrogens (tertiary/aromatic N) is 2. The number of aliphatic hydroxyl groups excluding tert-OH is 1. The van der Waals surface area contributed by atoms with Crippen LogP contribution in [0.1, 0.15) is 50.1 Å². The maximum Gasteiger partial charge on any atom is 0.351 e. The number of aromatic nitrogens is 2. The number of benzene rings is 3. The Hall–Kier alpha value is -4.00. The largest absolute Gasteiger partial charge is 0.497 e. The normalized spacial score (nSPS) is 19.0. The molecule has 1 unspecified atom stereocenters. The molecule has 1 saturated heterocycles. The Balaban J connectivity index is 1.70. The molecule has 262 valence electrons. The van der Waals surface area contributed by atoms with Crippen LogP contribution in [0, 0.1) is 0 Å². The highest BCUT2D eigenvalue weighted by atomic mass is 28.4. The summed E-state index contributed by atoms with van der Waals surface area (Å²) in [5.41, 5.74) is 6.58. The molecule has 49 heavy (non-hydrogen) atoms. The molecular formula is C38H50N4O6Si. The Kier molecular flexibility index (Phi) is 11.0. The van der Waals surface area contributed by atoms with E-state index in [1.807, 2.05) is 78.9 Å². The number of rotatable bonds is 13. The number of nitrogens with two attached hydrogens (primary N) is 1. The van der Waals surface area contributed by atoms with E-state index in [9.17, 15) is 9.90 Å². The van der Waals surface area contributed by atoms with E-state index in [4.69, 9.17) is 24.4 Å². The van der Waals surface area contributed by atoms with Crippen molar-refractivity contribution in [1.29, 1.82) is 0 Å². The third-order valence-electron chi connectivity index (χ3n) is 10.0. The van der Waals surface area contributed by atoms with E-state index >= 15 is 0 Å². The molecule has 0 spiro atoms. The van der Waals surface area contributed by atoms with E-state index in [1.54, 1.807) is 26.5 Å². The summed E-state index contributed by atoms with van der Waals surface area (Å²) in [6, 6.07) is 27.2. The zero-order chi connectivity index (χ0) is 35.4. The molecule has 4 aromatic rings. The second-order valence-corrected chi connectivity index (χ2v) is 18.8. The summed E-state index contributed by atoms with van der Waals surface area (Å²) < 4.78 is 26.4. The van der Waals surface area contributed by atoms with Gasteiger partial charge in [-0.05, 0) is 65.2 Å². The van der Waals surface area contributed by atoms with Crippen molar-refractivity contribution in [3.63, 3.8) is 0 Å². The van der Waals surface area contributed by atoms with Crippen LogP contribution >= 0.6 is 0 Å². The summed E-state index contributed by atoms with van der Waals surface area (Å²) in [5.74, 6) is 1.84. The maximum atomic E-state index is 13.4. The van der Waals surface area contributed by atoms with Gasteiger partial charge in [0, 0.05) is 25.7 Å².